The SMILES string of the molecule is O=C(C(=O)c1ccc(C2(N(Cc3ccccc3)C(=O)O)CC2)cc1)c1ccccc1. The molecule has 150 valence electrons. The lowest BCUT2D eigenvalue weighted by molar-refractivity contribution is 0.0817. The molecule has 0 heterocycles. The molecule has 1 N–H and O–H groups in total. The van der Waals surface area contributed by atoms with Gasteiger partial charge in [0.2, 0.25) is 11.6 Å². The second-order valence-electron chi connectivity index (χ2n) is 7.49. The average molecular weight is 399 g/mol. The Bertz CT molecular complexity index is 1070. The number of hydrogen-bond acceptors (Lipinski definition) is 3. The van der Waals surface area contributed by atoms with Gasteiger partial charge in [0.25, 0.3) is 0 Å². The summed E-state index contributed by atoms with van der Waals surface area (Å²) in [5.74, 6) is -1.13. The van der Waals surface area contributed by atoms with Gasteiger partial charge in [0.1, 0.15) is 0 Å². The summed E-state index contributed by atoms with van der Waals surface area (Å²) in [4.78, 5) is 38.4. The van der Waals surface area contributed by atoms with Crippen LogP contribution in [-0.2, 0) is 12.1 Å². The number of amides is 1. The number of nitrogens with zero attached hydrogens (tertiary/aromatic N) is 1. The van der Waals surface area contributed by atoms with Crippen molar-refractivity contribution in [2.45, 2.75) is 24.9 Å². The lowest BCUT2D eigenvalue weighted by atomic mass is 9.97. The number of rotatable bonds is 7. The van der Waals surface area contributed by atoms with Gasteiger partial charge in [-0.25, -0.2) is 4.79 Å². The van der Waals surface area contributed by atoms with Gasteiger partial charge in [0, 0.05) is 17.7 Å². The highest BCUT2D eigenvalue weighted by Crippen LogP contribution is 2.51. The maximum absolute atomic E-state index is 12.6. The van der Waals surface area contributed by atoms with Gasteiger partial charge in [-0.1, -0.05) is 84.9 Å². The van der Waals surface area contributed by atoms with Gasteiger partial charge < -0.3 is 5.11 Å². The van der Waals surface area contributed by atoms with E-state index in [1.54, 1.807) is 54.6 Å². The van der Waals surface area contributed by atoms with Crippen molar-refractivity contribution in [3.63, 3.8) is 0 Å². The van der Waals surface area contributed by atoms with E-state index >= 15 is 0 Å². The first-order valence-corrected chi connectivity index (χ1v) is 9.80. The third kappa shape index (κ3) is 3.74. The molecule has 30 heavy (non-hydrogen) atoms. The fourth-order valence-electron chi connectivity index (χ4n) is 3.78. The summed E-state index contributed by atoms with van der Waals surface area (Å²) in [7, 11) is 0. The maximum atomic E-state index is 12.6. The Morgan fingerprint density at radius 2 is 1.23 bits per heavy atom. The molecule has 0 radical (unpaired) electrons. The fraction of sp³-hybridized carbons (Fsp3) is 0.160. The first-order chi connectivity index (χ1) is 14.5. The molecule has 0 bridgehead atoms. The number of ketones is 2. The largest absolute Gasteiger partial charge is 0.465 e. The van der Waals surface area contributed by atoms with E-state index < -0.39 is 23.2 Å². The van der Waals surface area contributed by atoms with E-state index in [0.717, 1.165) is 24.0 Å². The molecule has 1 aliphatic rings. The highest BCUT2D eigenvalue weighted by atomic mass is 16.4. The molecule has 0 aliphatic heterocycles. The zero-order valence-corrected chi connectivity index (χ0v) is 16.3. The normalized spacial score (nSPS) is 14.0. The second-order valence-corrected chi connectivity index (χ2v) is 7.49. The van der Waals surface area contributed by atoms with Crippen LogP contribution in [0.2, 0.25) is 0 Å². The Kier molecular flexibility index (Phi) is 5.19. The molecule has 4 rings (SSSR count). The van der Waals surface area contributed by atoms with Crippen molar-refractivity contribution in [3.8, 4) is 0 Å². The van der Waals surface area contributed by atoms with E-state index in [1.807, 2.05) is 30.3 Å². The standard InChI is InChI=1S/C25H21NO4/c27-22(19-9-5-2-6-10-19)23(28)20-11-13-21(14-12-20)25(15-16-25)26(24(29)30)17-18-7-3-1-4-8-18/h1-14H,15-17H2,(H,29,30). The Labute approximate surface area is 174 Å². The molecule has 0 saturated heterocycles. The molecule has 1 amide bonds. The smallest absolute Gasteiger partial charge is 0.408 e. The van der Waals surface area contributed by atoms with E-state index in [-0.39, 0.29) is 0 Å². The van der Waals surface area contributed by atoms with Gasteiger partial charge in [-0.05, 0) is 24.0 Å². The van der Waals surface area contributed by atoms with Crippen LogP contribution in [-0.4, -0.2) is 27.7 Å². The highest BCUT2D eigenvalue weighted by Gasteiger charge is 2.51. The first kappa shape index (κ1) is 19.6. The monoisotopic (exact) mass is 399 g/mol. The number of carboxylic acid groups (broad SMARTS) is 1. The molecular formula is C25H21NO4. The van der Waals surface area contributed by atoms with Crippen LogP contribution >= 0.6 is 0 Å². The Balaban J connectivity index is 1.56. The Morgan fingerprint density at radius 1 is 0.733 bits per heavy atom. The predicted octanol–water partition coefficient (Wildman–Crippen LogP) is 4.92. The average Bonchev–Trinajstić information content (AvgIpc) is 3.59. The number of hydrogen-bond donors (Lipinski definition) is 1. The van der Waals surface area contributed by atoms with Gasteiger partial charge in [-0.3, -0.25) is 14.5 Å². The van der Waals surface area contributed by atoms with Crippen LogP contribution in [0.1, 0.15) is 44.7 Å². The van der Waals surface area contributed by atoms with E-state index in [9.17, 15) is 19.5 Å². The Hall–Kier alpha value is -3.73. The summed E-state index contributed by atoms with van der Waals surface area (Å²) in [5.41, 5.74) is 1.82. The van der Waals surface area contributed by atoms with Gasteiger partial charge >= 0.3 is 6.09 Å². The van der Waals surface area contributed by atoms with E-state index in [4.69, 9.17) is 0 Å². The quantitative estimate of drug-likeness (QED) is 0.452. The van der Waals surface area contributed by atoms with Crippen LogP contribution in [0.25, 0.3) is 0 Å². The van der Waals surface area contributed by atoms with Crippen LogP contribution in [0.15, 0.2) is 84.9 Å². The summed E-state index contributed by atoms with van der Waals surface area (Å²) in [5, 5.41) is 9.84. The summed E-state index contributed by atoms with van der Waals surface area (Å²) in [6.07, 6.45) is 0.473. The minimum absolute atomic E-state index is 0.295. The lowest BCUT2D eigenvalue weighted by Crippen LogP contribution is -2.39. The molecule has 0 atom stereocenters. The van der Waals surface area contributed by atoms with Gasteiger partial charge in [-0.15, -0.1) is 0 Å². The zero-order chi connectivity index (χ0) is 21.1. The topological polar surface area (TPSA) is 74.7 Å². The highest BCUT2D eigenvalue weighted by molar-refractivity contribution is 6.49. The summed E-state index contributed by atoms with van der Waals surface area (Å²) in [6, 6.07) is 24.7. The molecular weight excluding hydrogens is 378 g/mol. The molecule has 5 nitrogen and oxygen atoms in total. The zero-order valence-electron chi connectivity index (χ0n) is 16.3. The fourth-order valence-corrected chi connectivity index (χ4v) is 3.78. The second kappa shape index (κ2) is 7.95. The Morgan fingerprint density at radius 3 is 1.73 bits per heavy atom. The van der Waals surface area contributed by atoms with Crippen LogP contribution in [0.4, 0.5) is 4.79 Å². The maximum Gasteiger partial charge on any atom is 0.408 e. The van der Waals surface area contributed by atoms with Crippen molar-refractivity contribution in [2.24, 2.45) is 0 Å². The molecule has 0 unspecified atom stereocenters. The third-order valence-corrected chi connectivity index (χ3v) is 5.58. The minimum Gasteiger partial charge on any atom is -0.465 e. The van der Waals surface area contributed by atoms with Crippen LogP contribution in [0.5, 0.6) is 0 Å². The van der Waals surface area contributed by atoms with E-state index in [2.05, 4.69) is 0 Å². The summed E-state index contributed by atoms with van der Waals surface area (Å²) >= 11 is 0. The molecule has 0 spiro atoms. The minimum atomic E-state index is -0.976. The van der Waals surface area contributed by atoms with Crippen molar-refractivity contribution in [3.05, 3.63) is 107 Å². The van der Waals surface area contributed by atoms with Crippen LogP contribution < -0.4 is 0 Å². The summed E-state index contributed by atoms with van der Waals surface area (Å²) in [6.45, 7) is 0.295. The number of benzene rings is 3. The van der Waals surface area contributed by atoms with Crippen molar-refractivity contribution in [2.75, 3.05) is 0 Å². The number of carbonyl (C=O) groups is 3. The van der Waals surface area contributed by atoms with Crippen LogP contribution in [0, 0.1) is 0 Å². The van der Waals surface area contributed by atoms with Crippen molar-refractivity contribution >= 4 is 17.7 Å². The van der Waals surface area contributed by atoms with Crippen molar-refractivity contribution in [1.29, 1.82) is 0 Å². The van der Waals surface area contributed by atoms with Gasteiger partial charge in [-0.2, -0.15) is 0 Å². The van der Waals surface area contributed by atoms with Crippen molar-refractivity contribution < 1.29 is 19.5 Å². The molecule has 1 aliphatic carbocycles. The van der Waals surface area contributed by atoms with E-state index in [0.29, 0.717) is 17.7 Å². The first-order valence-electron chi connectivity index (χ1n) is 9.80. The lowest BCUT2D eigenvalue weighted by Gasteiger charge is -2.30. The van der Waals surface area contributed by atoms with Crippen molar-refractivity contribution in [1.82, 2.24) is 4.90 Å². The third-order valence-electron chi connectivity index (χ3n) is 5.58. The molecule has 3 aromatic carbocycles. The van der Waals surface area contributed by atoms with Crippen LogP contribution in [0.3, 0.4) is 0 Å². The van der Waals surface area contributed by atoms with E-state index in [1.165, 1.54) is 4.90 Å². The predicted molar refractivity (Wildman–Crippen MR) is 112 cm³/mol. The van der Waals surface area contributed by atoms with Gasteiger partial charge in [0.05, 0.1) is 5.54 Å². The molecule has 1 fully saturated rings. The van der Waals surface area contributed by atoms with Gasteiger partial charge in [0.15, 0.2) is 0 Å². The number of Topliss-reactive ketones (excluding diaryl/α,β-unsaturated/α-hetero) is 2. The summed E-state index contributed by atoms with van der Waals surface area (Å²) < 4.78 is 0. The molecule has 0 aromatic heterocycles. The molecule has 3 aromatic rings. The molecule has 5 heteroatoms. The number of carbonyl (C=O) groups excluding carboxylic acids is 2. The molecule has 1 saturated carbocycles.